The number of amidine groups is 1. The number of alkyl halides is 3. The van der Waals surface area contributed by atoms with Gasteiger partial charge in [-0.15, -0.1) is 0 Å². The quantitative estimate of drug-likeness (QED) is 0.341. The number of nitrogens with two attached hydrogens (primary N) is 1. The van der Waals surface area contributed by atoms with Gasteiger partial charge < -0.3 is 16.3 Å². The molecule has 110 valence electrons. The summed E-state index contributed by atoms with van der Waals surface area (Å²) in [5, 5.41) is 13.5. The molecule has 1 aromatic carbocycles. The summed E-state index contributed by atoms with van der Waals surface area (Å²) in [6, 6.07) is 4.62. The van der Waals surface area contributed by atoms with Crippen LogP contribution in [-0.4, -0.2) is 17.0 Å². The lowest BCUT2D eigenvalue weighted by molar-refractivity contribution is -0.137. The molecule has 1 unspecified atom stereocenters. The first kappa shape index (κ1) is 15.8. The molecular weight excluding hydrogens is 275 g/mol. The van der Waals surface area contributed by atoms with Crippen LogP contribution in [0.5, 0.6) is 0 Å². The summed E-state index contributed by atoms with van der Waals surface area (Å²) in [6.07, 6.45) is -4.43. The van der Waals surface area contributed by atoms with Gasteiger partial charge in [-0.05, 0) is 24.6 Å². The van der Waals surface area contributed by atoms with Gasteiger partial charge in [-0.3, -0.25) is 4.79 Å². The molecule has 0 aliphatic rings. The van der Waals surface area contributed by atoms with E-state index in [1.165, 1.54) is 19.1 Å². The van der Waals surface area contributed by atoms with Crippen molar-refractivity contribution in [2.24, 2.45) is 16.8 Å². The number of nitrogens with zero attached hydrogens (tertiary/aromatic N) is 1. The first-order valence-electron chi connectivity index (χ1n) is 5.67. The molecule has 1 atom stereocenters. The van der Waals surface area contributed by atoms with E-state index >= 15 is 0 Å². The number of benzene rings is 1. The van der Waals surface area contributed by atoms with Crippen LogP contribution in [0.15, 0.2) is 29.4 Å². The molecule has 1 rings (SSSR count). The smallest absolute Gasteiger partial charge is 0.409 e. The van der Waals surface area contributed by atoms with Crippen molar-refractivity contribution in [2.75, 3.05) is 0 Å². The number of hydrogen-bond donors (Lipinski definition) is 3. The highest BCUT2D eigenvalue weighted by atomic mass is 19.4. The molecule has 0 fully saturated rings. The predicted octanol–water partition coefficient (Wildman–Crippen LogP) is 1.70. The maximum Gasteiger partial charge on any atom is 0.416 e. The van der Waals surface area contributed by atoms with Gasteiger partial charge in [0.1, 0.15) is 0 Å². The number of carbonyl (C=O) groups excluding carboxylic acids is 1. The van der Waals surface area contributed by atoms with Crippen LogP contribution < -0.4 is 11.1 Å². The number of halogens is 3. The summed E-state index contributed by atoms with van der Waals surface area (Å²) in [6.45, 7) is 1.34. The van der Waals surface area contributed by atoms with Gasteiger partial charge in [-0.25, -0.2) is 0 Å². The van der Waals surface area contributed by atoms with Crippen molar-refractivity contribution in [1.29, 1.82) is 0 Å². The minimum absolute atomic E-state index is 0.0776. The zero-order valence-electron chi connectivity index (χ0n) is 10.6. The molecule has 0 heterocycles. The van der Waals surface area contributed by atoms with Crippen molar-refractivity contribution in [1.82, 2.24) is 5.32 Å². The minimum atomic E-state index is -4.43. The van der Waals surface area contributed by atoms with Gasteiger partial charge in [-0.1, -0.05) is 17.3 Å². The Morgan fingerprint density at radius 3 is 2.70 bits per heavy atom. The Labute approximate surface area is 113 Å². The molecular formula is C12H14F3N3O2. The van der Waals surface area contributed by atoms with E-state index in [0.29, 0.717) is 5.56 Å². The average molecular weight is 289 g/mol. The van der Waals surface area contributed by atoms with E-state index in [9.17, 15) is 18.0 Å². The Bertz CT molecular complexity index is 515. The SMILES string of the molecule is CC(C(=O)NCc1cccc(C(F)(F)F)c1)C(N)=NO. The molecule has 0 radical (unpaired) electrons. The van der Waals surface area contributed by atoms with E-state index in [4.69, 9.17) is 10.9 Å². The van der Waals surface area contributed by atoms with Crippen LogP contribution in [0.1, 0.15) is 18.1 Å². The van der Waals surface area contributed by atoms with E-state index in [1.54, 1.807) is 0 Å². The summed E-state index contributed by atoms with van der Waals surface area (Å²) in [4.78, 5) is 11.6. The fourth-order valence-corrected chi connectivity index (χ4v) is 1.42. The second-order valence-electron chi connectivity index (χ2n) is 4.16. The highest BCUT2D eigenvalue weighted by Gasteiger charge is 2.30. The Kier molecular flexibility index (Phi) is 4.95. The van der Waals surface area contributed by atoms with Crippen molar-refractivity contribution in [3.63, 3.8) is 0 Å². The molecule has 1 aromatic rings. The molecule has 4 N–H and O–H groups in total. The number of oxime groups is 1. The Morgan fingerprint density at radius 2 is 2.15 bits per heavy atom. The second-order valence-corrected chi connectivity index (χ2v) is 4.16. The van der Waals surface area contributed by atoms with Gasteiger partial charge in [0.05, 0.1) is 11.5 Å². The summed E-state index contributed by atoms with van der Waals surface area (Å²) in [5.41, 5.74) is 4.78. The van der Waals surface area contributed by atoms with Crippen LogP contribution in [0.3, 0.4) is 0 Å². The standard InChI is InChI=1S/C12H14F3N3O2/c1-7(10(16)18-20)11(19)17-6-8-3-2-4-9(5-8)12(13,14)15/h2-5,7,20H,6H2,1H3,(H2,16,18)(H,17,19). The van der Waals surface area contributed by atoms with Crippen molar-refractivity contribution < 1.29 is 23.2 Å². The normalized spacial score (nSPS) is 13.9. The predicted molar refractivity (Wildman–Crippen MR) is 65.9 cm³/mol. The van der Waals surface area contributed by atoms with E-state index < -0.39 is 23.6 Å². The molecule has 1 amide bonds. The summed E-state index contributed by atoms with van der Waals surface area (Å²) in [5.74, 6) is -1.69. The highest BCUT2D eigenvalue weighted by Crippen LogP contribution is 2.29. The third-order valence-corrected chi connectivity index (χ3v) is 2.67. The van der Waals surface area contributed by atoms with E-state index in [1.807, 2.05) is 0 Å². The zero-order valence-corrected chi connectivity index (χ0v) is 10.6. The molecule has 0 saturated carbocycles. The molecule has 5 nitrogen and oxygen atoms in total. The monoisotopic (exact) mass is 289 g/mol. The summed E-state index contributed by atoms with van der Waals surface area (Å²) in [7, 11) is 0. The van der Waals surface area contributed by atoms with E-state index in [0.717, 1.165) is 12.1 Å². The number of amides is 1. The van der Waals surface area contributed by atoms with E-state index in [2.05, 4.69) is 10.5 Å². The first-order chi connectivity index (χ1) is 9.25. The number of carbonyl (C=O) groups is 1. The van der Waals surface area contributed by atoms with Crippen LogP contribution in [0, 0.1) is 5.92 Å². The summed E-state index contributed by atoms with van der Waals surface area (Å²) >= 11 is 0. The number of rotatable bonds is 4. The average Bonchev–Trinajstić information content (AvgIpc) is 2.42. The van der Waals surface area contributed by atoms with Gasteiger partial charge in [0.15, 0.2) is 5.84 Å². The minimum Gasteiger partial charge on any atom is -0.409 e. The van der Waals surface area contributed by atoms with Gasteiger partial charge >= 0.3 is 6.18 Å². The lowest BCUT2D eigenvalue weighted by Crippen LogP contribution is -2.36. The maximum atomic E-state index is 12.5. The molecule has 0 saturated heterocycles. The van der Waals surface area contributed by atoms with Crippen LogP contribution in [-0.2, 0) is 17.5 Å². The number of nitrogens with one attached hydrogen (secondary N) is 1. The van der Waals surface area contributed by atoms with Crippen molar-refractivity contribution >= 4 is 11.7 Å². The summed E-state index contributed by atoms with van der Waals surface area (Å²) < 4.78 is 37.5. The van der Waals surface area contributed by atoms with Gasteiger partial charge in [0.2, 0.25) is 5.91 Å². The van der Waals surface area contributed by atoms with Crippen molar-refractivity contribution in [3.8, 4) is 0 Å². The van der Waals surface area contributed by atoms with Crippen molar-refractivity contribution in [2.45, 2.75) is 19.6 Å². The molecule has 0 aliphatic heterocycles. The third-order valence-electron chi connectivity index (χ3n) is 2.67. The lowest BCUT2D eigenvalue weighted by Gasteiger charge is -2.12. The highest BCUT2D eigenvalue weighted by molar-refractivity contribution is 6.01. The van der Waals surface area contributed by atoms with Crippen molar-refractivity contribution in [3.05, 3.63) is 35.4 Å². The largest absolute Gasteiger partial charge is 0.416 e. The fourth-order valence-electron chi connectivity index (χ4n) is 1.42. The zero-order chi connectivity index (χ0) is 15.3. The van der Waals surface area contributed by atoms with E-state index in [-0.39, 0.29) is 12.4 Å². The lowest BCUT2D eigenvalue weighted by atomic mass is 10.1. The topological polar surface area (TPSA) is 87.7 Å². The maximum absolute atomic E-state index is 12.5. The molecule has 20 heavy (non-hydrogen) atoms. The first-order valence-corrected chi connectivity index (χ1v) is 5.67. The fraction of sp³-hybridized carbons (Fsp3) is 0.333. The molecule has 0 aliphatic carbocycles. The Morgan fingerprint density at radius 1 is 1.50 bits per heavy atom. The number of hydrogen-bond acceptors (Lipinski definition) is 3. The van der Waals surface area contributed by atoms with Crippen LogP contribution in [0.25, 0.3) is 0 Å². The molecule has 0 spiro atoms. The van der Waals surface area contributed by atoms with Gasteiger partial charge in [0, 0.05) is 6.54 Å². The van der Waals surface area contributed by atoms with Crippen LogP contribution in [0.4, 0.5) is 13.2 Å². The van der Waals surface area contributed by atoms with Crippen LogP contribution in [0.2, 0.25) is 0 Å². The van der Waals surface area contributed by atoms with Gasteiger partial charge in [0.25, 0.3) is 0 Å². The second kappa shape index (κ2) is 6.27. The van der Waals surface area contributed by atoms with Gasteiger partial charge in [-0.2, -0.15) is 13.2 Å². The Hall–Kier alpha value is -2.25. The van der Waals surface area contributed by atoms with Crippen LogP contribution >= 0.6 is 0 Å². The molecule has 0 bridgehead atoms. The third kappa shape index (κ3) is 4.15. The Balaban J connectivity index is 2.69. The molecule has 8 heteroatoms. The molecule has 0 aromatic heterocycles.